The van der Waals surface area contributed by atoms with Crippen LogP contribution in [0.3, 0.4) is 0 Å². The fraction of sp³-hybridized carbons (Fsp3) is 1.00. The van der Waals surface area contributed by atoms with Crippen molar-refractivity contribution in [1.29, 1.82) is 0 Å². The van der Waals surface area contributed by atoms with E-state index in [1.54, 1.807) is 0 Å². The van der Waals surface area contributed by atoms with E-state index in [4.69, 9.17) is 0 Å². The average Bonchev–Trinajstić information content (AvgIpc) is 2.60. The van der Waals surface area contributed by atoms with Crippen LogP contribution in [0.25, 0.3) is 0 Å². The van der Waals surface area contributed by atoms with Crippen molar-refractivity contribution in [3.8, 4) is 0 Å². The van der Waals surface area contributed by atoms with E-state index in [9.17, 15) is 13.5 Å². The van der Waals surface area contributed by atoms with Crippen molar-refractivity contribution in [3.63, 3.8) is 0 Å². The third-order valence-corrected chi connectivity index (χ3v) is 8.51. The summed E-state index contributed by atoms with van der Waals surface area (Å²) in [7, 11) is -3.06. The van der Waals surface area contributed by atoms with Crippen molar-refractivity contribution in [1.82, 2.24) is 5.32 Å². The van der Waals surface area contributed by atoms with Gasteiger partial charge in [-0.25, -0.2) is 8.42 Å². The molecule has 4 aliphatic carbocycles. The van der Waals surface area contributed by atoms with Crippen LogP contribution in [-0.4, -0.2) is 43.2 Å². The normalized spacial score (nSPS) is 52.2. The van der Waals surface area contributed by atoms with Crippen molar-refractivity contribution in [2.24, 2.45) is 23.2 Å². The molecular formula is C16H27NO3S. The molecule has 3 unspecified atom stereocenters. The number of hydrogen-bond donors (Lipinski definition) is 2. The highest BCUT2D eigenvalue weighted by Crippen LogP contribution is 2.61. The number of aliphatic hydroxyl groups excluding tert-OH is 1. The van der Waals surface area contributed by atoms with Gasteiger partial charge in [-0.05, 0) is 68.6 Å². The number of sulfone groups is 1. The largest absolute Gasteiger partial charge is 0.390 e. The first kappa shape index (κ1) is 14.5. The molecule has 0 aromatic carbocycles. The lowest BCUT2D eigenvalue weighted by Crippen LogP contribution is -2.58. The van der Waals surface area contributed by atoms with E-state index in [-0.39, 0.29) is 17.5 Å². The van der Waals surface area contributed by atoms with Gasteiger partial charge in [-0.15, -0.1) is 0 Å². The van der Waals surface area contributed by atoms with E-state index in [0.717, 1.165) is 17.8 Å². The monoisotopic (exact) mass is 313 g/mol. The highest BCUT2D eigenvalue weighted by atomic mass is 32.2. The second kappa shape index (κ2) is 4.68. The summed E-state index contributed by atoms with van der Waals surface area (Å²) >= 11 is 0. The Morgan fingerprint density at radius 1 is 1.05 bits per heavy atom. The van der Waals surface area contributed by atoms with Gasteiger partial charge in [-0.1, -0.05) is 0 Å². The van der Waals surface area contributed by atoms with Gasteiger partial charge in [0.05, 0.1) is 17.6 Å². The molecule has 5 aliphatic rings. The molecule has 1 heterocycles. The Kier molecular flexibility index (Phi) is 3.22. The molecule has 4 nitrogen and oxygen atoms in total. The topological polar surface area (TPSA) is 66.4 Å². The van der Waals surface area contributed by atoms with Crippen LogP contribution in [0.15, 0.2) is 0 Å². The smallest absolute Gasteiger partial charge is 0.154 e. The maximum atomic E-state index is 11.7. The number of hydrogen-bond acceptors (Lipinski definition) is 4. The molecule has 0 radical (unpaired) electrons. The zero-order valence-electron chi connectivity index (χ0n) is 12.8. The number of nitrogens with one attached hydrogen (secondary N) is 1. The molecule has 0 aromatic heterocycles. The lowest BCUT2D eigenvalue weighted by Gasteiger charge is -2.59. The quantitative estimate of drug-likeness (QED) is 0.825. The SMILES string of the molecule is CC(NC1CS(=O)(=O)CC1O)C12CC3CC(CC(C3)C1)C2. The summed E-state index contributed by atoms with van der Waals surface area (Å²) in [6, 6.07) is 0.0526. The molecule has 120 valence electrons. The minimum absolute atomic E-state index is 0.0712. The zero-order chi connectivity index (χ0) is 14.8. The van der Waals surface area contributed by atoms with Gasteiger partial charge in [0, 0.05) is 12.1 Å². The predicted molar refractivity (Wildman–Crippen MR) is 81.7 cm³/mol. The van der Waals surface area contributed by atoms with E-state index in [1.165, 1.54) is 38.5 Å². The molecule has 3 atom stereocenters. The fourth-order valence-corrected chi connectivity index (χ4v) is 7.95. The van der Waals surface area contributed by atoms with E-state index in [2.05, 4.69) is 12.2 Å². The lowest BCUT2D eigenvalue weighted by atomic mass is 9.48. The Bertz CT molecular complexity index is 494. The van der Waals surface area contributed by atoms with Crippen molar-refractivity contribution in [2.45, 2.75) is 63.6 Å². The van der Waals surface area contributed by atoms with Crippen LogP contribution in [-0.2, 0) is 9.84 Å². The Morgan fingerprint density at radius 2 is 1.57 bits per heavy atom. The third kappa shape index (κ3) is 2.45. The molecular weight excluding hydrogens is 286 g/mol. The highest BCUT2D eigenvalue weighted by molar-refractivity contribution is 7.91. The maximum Gasteiger partial charge on any atom is 0.154 e. The van der Waals surface area contributed by atoms with Crippen LogP contribution in [0.4, 0.5) is 0 Å². The highest BCUT2D eigenvalue weighted by Gasteiger charge is 2.53. The first-order chi connectivity index (χ1) is 9.85. The van der Waals surface area contributed by atoms with Crippen LogP contribution in [0, 0.1) is 23.2 Å². The first-order valence-corrected chi connectivity index (χ1v) is 10.3. The van der Waals surface area contributed by atoms with Crippen LogP contribution < -0.4 is 5.32 Å². The van der Waals surface area contributed by atoms with Crippen molar-refractivity contribution < 1.29 is 13.5 Å². The summed E-state index contributed by atoms with van der Waals surface area (Å²) in [4.78, 5) is 0. The van der Waals surface area contributed by atoms with Crippen molar-refractivity contribution in [2.75, 3.05) is 11.5 Å². The van der Waals surface area contributed by atoms with Crippen molar-refractivity contribution in [3.05, 3.63) is 0 Å². The van der Waals surface area contributed by atoms with Crippen LogP contribution in [0.2, 0.25) is 0 Å². The second-order valence-electron chi connectivity index (χ2n) is 8.42. The van der Waals surface area contributed by atoms with Crippen LogP contribution in [0.1, 0.15) is 45.4 Å². The fourth-order valence-electron chi connectivity index (χ4n) is 6.19. The zero-order valence-corrected chi connectivity index (χ0v) is 13.6. The Balaban J connectivity index is 1.49. The van der Waals surface area contributed by atoms with Gasteiger partial charge in [-0.3, -0.25) is 0 Å². The standard InChI is InChI=1S/C16H27NO3S/c1-10(17-14-8-21(19,20)9-15(14)18)16-5-11-2-12(6-16)4-13(3-11)7-16/h10-15,17-18H,2-9H2,1H3. The molecule has 4 bridgehead atoms. The average molecular weight is 313 g/mol. The van der Waals surface area contributed by atoms with Gasteiger partial charge in [0.1, 0.15) is 0 Å². The molecule has 1 aliphatic heterocycles. The van der Waals surface area contributed by atoms with Crippen molar-refractivity contribution >= 4 is 9.84 Å². The first-order valence-electron chi connectivity index (χ1n) is 8.50. The molecule has 5 heteroatoms. The molecule has 1 saturated heterocycles. The van der Waals surface area contributed by atoms with Crippen LogP contribution in [0.5, 0.6) is 0 Å². The Labute approximate surface area is 127 Å². The molecule has 5 fully saturated rings. The molecule has 5 rings (SSSR count). The van der Waals surface area contributed by atoms with Gasteiger partial charge in [0.25, 0.3) is 0 Å². The molecule has 0 amide bonds. The second-order valence-corrected chi connectivity index (χ2v) is 10.6. The summed E-state index contributed by atoms with van der Waals surface area (Å²) in [6.45, 7) is 2.23. The summed E-state index contributed by atoms with van der Waals surface area (Å²) in [5, 5.41) is 13.5. The number of aliphatic hydroxyl groups is 1. The lowest BCUT2D eigenvalue weighted by molar-refractivity contribution is -0.0734. The van der Waals surface area contributed by atoms with Gasteiger partial charge in [0.2, 0.25) is 0 Å². The predicted octanol–water partition coefficient (Wildman–Crippen LogP) is 1.34. The minimum atomic E-state index is -3.06. The summed E-state index contributed by atoms with van der Waals surface area (Å²) in [6.07, 6.45) is 7.46. The van der Waals surface area contributed by atoms with Crippen LogP contribution >= 0.6 is 0 Å². The van der Waals surface area contributed by atoms with E-state index in [1.807, 2.05) is 0 Å². The van der Waals surface area contributed by atoms with Gasteiger partial charge < -0.3 is 10.4 Å². The maximum absolute atomic E-state index is 11.7. The van der Waals surface area contributed by atoms with Gasteiger partial charge in [0.15, 0.2) is 9.84 Å². The molecule has 21 heavy (non-hydrogen) atoms. The Hall–Kier alpha value is -0.130. The molecule has 4 saturated carbocycles. The summed E-state index contributed by atoms with van der Waals surface area (Å²) < 4.78 is 23.4. The van der Waals surface area contributed by atoms with E-state index >= 15 is 0 Å². The van der Waals surface area contributed by atoms with Gasteiger partial charge in [-0.2, -0.15) is 0 Å². The van der Waals surface area contributed by atoms with Gasteiger partial charge >= 0.3 is 0 Å². The number of rotatable bonds is 3. The molecule has 2 N–H and O–H groups in total. The Morgan fingerprint density at radius 3 is 2.00 bits per heavy atom. The van der Waals surface area contributed by atoms with E-state index in [0.29, 0.717) is 11.5 Å². The summed E-state index contributed by atoms with van der Waals surface area (Å²) in [5.74, 6) is 2.73. The van der Waals surface area contributed by atoms with E-state index < -0.39 is 15.9 Å². The summed E-state index contributed by atoms with van der Waals surface area (Å²) in [5.41, 5.74) is 0.362. The minimum Gasteiger partial charge on any atom is -0.390 e. The molecule has 0 aromatic rings. The third-order valence-electron chi connectivity index (χ3n) is 6.79. The molecule has 0 spiro atoms.